The zero-order chi connectivity index (χ0) is 22.8. The summed E-state index contributed by atoms with van der Waals surface area (Å²) in [6, 6.07) is 20.2. The van der Waals surface area contributed by atoms with Crippen LogP contribution in [0, 0.1) is 0 Å². The topological polar surface area (TPSA) is 81.4 Å². The number of carbonyl (C=O) groups is 1. The van der Waals surface area contributed by atoms with Crippen molar-refractivity contribution in [3.8, 4) is 17.0 Å². The number of ether oxygens (including phenoxy) is 1. The molecule has 0 atom stereocenters. The molecule has 1 heterocycles. The van der Waals surface area contributed by atoms with Gasteiger partial charge >= 0.3 is 11.7 Å². The van der Waals surface area contributed by atoms with Gasteiger partial charge in [-0.05, 0) is 47.4 Å². The van der Waals surface area contributed by atoms with Gasteiger partial charge in [-0.15, -0.1) is 0 Å². The maximum atomic E-state index is 13.1. The van der Waals surface area contributed by atoms with Gasteiger partial charge in [0.25, 0.3) is 0 Å². The van der Waals surface area contributed by atoms with Crippen LogP contribution in [0.25, 0.3) is 22.2 Å². The molecule has 0 aliphatic carbocycles. The Morgan fingerprint density at radius 3 is 2.47 bits per heavy atom. The van der Waals surface area contributed by atoms with Gasteiger partial charge in [-0.1, -0.05) is 50.2 Å². The van der Waals surface area contributed by atoms with Crippen molar-refractivity contribution < 1.29 is 14.6 Å². The van der Waals surface area contributed by atoms with E-state index in [1.54, 1.807) is 35.9 Å². The molecule has 0 spiro atoms. The van der Waals surface area contributed by atoms with Crippen molar-refractivity contribution in [3.63, 3.8) is 0 Å². The van der Waals surface area contributed by atoms with E-state index < -0.39 is 11.7 Å². The second-order valence-electron chi connectivity index (χ2n) is 7.99. The monoisotopic (exact) mass is 428 g/mol. The lowest BCUT2D eigenvalue weighted by Gasteiger charge is -2.15. The van der Waals surface area contributed by atoms with Crippen LogP contribution in [0.15, 0.2) is 71.5 Å². The zero-order valence-electron chi connectivity index (χ0n) is 18.2. The number of benzene rings is 3. The summed E-state index contributed by atoms with van der Waals surface area (Å²) in [5, 5.41) is 10.1. The third-order valence-electron chi connectivity index (χ3n) is 5.55. The number of rotatable bonds is 6. The summed E-state index contributed by atoms with van der Waals surface area (Å²) in [6.45, 7) is 4.48. The molecule has 0 aliphatic rings. The van der Waals surface area contributed by atoms with Crippen LogP contribution >= 0.6 is 0 Å². The molecule has 162 valence electrons. The minimum absolute atomic E-state index is 0.177. The van der Waals surface area contributed by atoms with Crippen LogP contribution in [0.1, 0.15) is 41.3 Å². The fourth-order valence-electron chi connectivity index (χ4n) is 3.77. The molecule has 0 bridgehead atoms. The largest absolute Gasteiger partial charge is 0.497 e. The predicted octanol–water partition coefficient (Wildman–Crippen LogP) is 4.94. The number of carboxylic acids is 1. The molecule has 0 aliphatic heterocycles. The fraction of sp³-hybridized carbons (Fsp3) is 0.192. The Hall–Kier alpha value is -3.93. The van der Waals surface area contributed by atoms with Gasteiger partial charge in [-0.25, -0.2) is 9.59 Å². The molecule has 0 amide bonds. The minimum atomic E-state index is -1.01. The summed E-state index contributed by atoms with van der Waals surface area (Å²) < 4.78 is 6.97. The third-order valence-corrected chi connectivity index (χ3v) is 5.55. The van der Waals surface area contributed by atoms with Gasteiger partial charge in [0.05, 0.1) is 30.4 Å². The number of nitrogens with zero attached hydrogens (tertiary/aromatic N) is 2. The first-order chi connectivity index (χ1) is 15.4. The highest BCUT2D eigenvalue weighted by Crippen LogP contribution is 2.30. The second kappa shape index (κ2) is 8.67. The highest BCUT2D eigenvalue weighted by atomic mass is 16.5. The quantitative estimate of drug-likeness (QED) is 0.470. The fourth-order valence-corrected chi connectivity index (χ4v) is 3.77. The van der Waals surface area contributed by atoms with Gasteiger partial charge in [-0.3, -0.25) is 4.57 Å². The normalized spacial score (nSPS) is 11.1. The lowest BCUT2D eigenvalue weighted by Crippen LogP contribution is -2.24. The van der Waals surface area contributed by atoms with Gasteiger partial charge in [-0.2, -0.15) is 4.98 Å². The van der Waals surface area contributed by atoms with Crippen molar-refractivity contribution in [1.29, 1.82) is 0 Å². The molecule has 4 aromatic rings. The lowest BCUT2D eigenvalue weighted by molar-refractivity contribution is 0.0696. The summed E-state index contributed by atoms with van der Waals surface area (Å²) >= 11 is 0. The average molecular weight is 428 g/mol. The molecule has 6 heteroatoms. The molecule has 4 rings (SSSR count). The van der Waals surface area contributed by atoms with Crippen molar-refractivity contribution in [2.45, 2.75) is 26.3 Å². The van der Waals surface area contributed by atoms with Crippen molar-refractivity contribution >= 4 is 16.9 Å². The van der Waals surface area contributed by atoms with E-state index in [0.29, 0.717) is 28.4 Å². The van der Waals surface area contributed by atoms with Crippen molar-refractivity contribution in [2.75, 3.05) is 7.11 Å². The molecule has 6 nitrogen and oxygen atoms in total. The van der Waals surface area contributed by atoms with E-state index in [2.05, 4.69) is 31.0 Å². The first-order valence-corrected chi connectivity index (χ1v) is 10.4. The maximum absolute atomic E-state index is 13.1. The standard InChI is InChI=1S/C26H24N2O4/c1-16(2)18-7-9-19(10-8-18)24-22-14-21(32-3)11-12-23(22)28(26(31)27-24)15-17-5-4-6-20(13-17)25(29)30/h4-14,16H,15H2,1-3H3,(H,29,30). The minimum Gasteiger partial charge on any atom is -0.497 e. The Kier molecular flexibility index (Phi) is 5.77. The number of hydrogen-bond acceptors (Lipinski definition) is 4. The highest BCUT2D eigenvalue weighted by Gasteiger charge is 2.15. The van der Waals surface area contributed by atoms with E-state index >= 15 is 0 Å². The first kappa shape index (κ1) is 21.3. The van der Waals surface area contributed by atoms with Crippen molar-refractivity contribution in [3.05, 3.63) is 93.9 Å². The Labute approximate surface area is 185 Å². The van der Waals surface area contributed by atoms with Gasteiger partial charge < -0.3 is 9.84 Å². The van der Waals surface area contributed by atoms with Crippen LogP contribution in [0.3, 0.4) is 0 Å². The van der Waals surface area contributed by atoms with E-state index in [0.717, 1.165) is 10.9 Å². The third kappa shape index (κ3) is 4.12. The lowest BCUT2D eigenvalue weighted by atomic mass is 9.99. The summed E-state index contributed by atoms with van der Waals surface area (Å²) in [6.07, 6.45) is 0. The number of fused-ring (bicyclic) bond motifs is 1. The van der Waals surface area contributed by atoms with Crippen LogP contribution in [-0.2, 0) is 6.54 Å². The molecule has 1 N–H and O–H groups in total. The van der Waals surface area contributed by atoms with Crippen LogP contribution in [0.2, 0.25) is 0 Å². The van der Waals surface area contributed by atoms with E-state index in [1.165, 1.54) is 11.6 Å². The van der Waals surface area contributed by atoms with Crippen molar-refractivity contribution in [2.24, 2.45) is 0 Å². The Morgan fingerprint density at radius 2 is 1.81 bits per heavy atom. The Morgan fingerprint density at radius 1 is 1.06 bits per heavy atom. The molecule has 0 unspecified atom stereocenters. The van der Waals surface area contributed by atoms with Crippen LogP contribution in [-0.4, -0.2) is 27.7 Å². The maximum Gasteiger partial charge on any atom is 0.348 e. The zero-order valence-corrected chi connectivity index (χ0v) is 18.2. The second-order valence-corrected chi connectivity index (χ2v) is 7.99. The van der Waals surface area contributed by atoms with Gasteiger partial charge in [0.2, 0.25) is 0 Å². The molecule has 3 aromatic carbocycles. The van der Waals surface area contributed by atoms with E-state index in [9.17, 15) is 14.7 Å². The summed E-state index contributed by atoms with van der Waals surface area (Å²) in [7, 11) is 1.60. The van der Waals surface area contributed by atoms with Crippen molar-refractivity contribution in [1.82, 2.24) is 9.55 Å². The molecule has 0 saturated heterocycles. The molecule has 0 fully saturated rings. The summed E-state index contributed by atoms with van der Waals surface area (Å²) in [4.78, 5) is 28.8. The molecular weight excluding hydrogens is 404 g/mol. The number of hydrogen-bond donors (Lipinski definition) is 1. The van der Waals surface area contributed by atoms with Crippen LogP contribution in [0.4, 0.5) is 0 Å². The van der Waals surface area contributed by atoms with Crippen LogP contribution < -0.4 is 10.4 Å². The summed E-state index contributed by atoms with van der Waals surface area (Å²) in [5.41, 5.74) is 3.85. The molecule has 1 aromatic heterocycles. The van der Waals surface area contributed by atoms with E-state index in [1.807, 2.05) is 24.3 Å². The number of aromatic nitrogens is 2. The SMILES string of the molecule is COc1ccc2c(c1)c(-c1ccc(C(C)C)cc1)nc(=O)n2Cc1cccc(C(=O)O)c1. The van der Waals surface area contributed by atoms with E-state index in [4.69, 9.17) is 4.74 Å². The molecule has 32 heavy (non-hydrogen) atoms. The predicted molar refractivity (Wildman–Crippen MR) is 125 cm³/mol. The molecule has 0 saturated carbocycles. The highest BCUT2D eigenvalue weighted by molar-refractivity contribution is 5.93. The smallest absolute Gasteiger partial charge is 0.348 e. The Bertz CT molecular complexity index is 1350. The van der Waals surface area contributed by atoms with Gasteiger partial charge in [0.1, 0.15) is 5.75 Å². The molecule has 0 radical (unpaired) electrons. The first-order valence-electron chi connectivity index (χ1n) is 10.4. The van der Waals surface area contributed by atoms with Gasteiger partial charge in [0, 0.05) is 10.9 Å². The number of aromatic carboxylic acids is 1. The van der Waals surface area contributed by atoms with E-state index in [-0.39, 0.29) is 12.1 Å². The molecular formula is C26H24N2O4. The average Bonchev–Trinajstić information content (AvgIpc) is 2.80. The number of methoxy groups -OCH3 is 1. The summed E-state index contributed by atoms with van der Waals surface area (Å²) in [5.74, 6) is 0.0629. The Balaban J connectivity index is 1.88. The van der Waals surface area contributed by atoms with Gasteiger partial charge in [0.15, 0.2) is 0 Å². The number of carboxylic acid groups (broad SMARTS) is 1. The van der Waals surface area contributed by atoms with Crippen LogP contribution in [0.5, 0.6) is 5.75 Å².